The van der Waals surface area contributed by atoms with Gasteiger partial charge in [0.05, 0.1) is 11.6 Å². The molecular weight excluding hydrogens is 348 g/mol. The molecule has 1 aliphatic heterocycles. The zero-order valence-corrected chi connectivity index (χ0v) is 16.2. The molecule has 0 radical (unpaired) electrons. The van der Waals surface area contributed by atoms with Crippen LogP contribution in [0.3, 0.4) is 0 Å². The molecule has 3 unspecified atom stereocenters. The summed E-state index contributed by atoms with van der Waals surface area (Å²) in [5, 5.41) is 12.7. The Bertz CT molecular complexity index is 934. The SMILES string of the molecule is CC1CN(C2(C(N)=O)Cc3ccccc3C2Cc2cccc(C#N)c2)CCN1. The first kappa shape index (κ1) is 18.7. The molecule has 1 saturated heterocycles. The van der Waals surface area contributed by atoms with Gasteiger partial charge in [-0.3, -0.25) is 9.69 Å². The average Bonchev–Trinajstić information content (AvgIpc) is 3.04. The van der Waals surface area contributed by atoms with E-state index in [1.807, 2.05) is 36.4 Å². The van der Waals surface area contributed by atoms with Gasteiger partial charge in [-0.05, 0) is 42.2 Å². The van der Waals surface area contributed by atoms with Gasteiger partial charge in [-0.1, -0.05) is 36.4 Å². The molecule has 0 saturated carbocycles. The molecule has 2 aromatic carbocycles. The summed E-state index contributed by atoms with van der Waals surface area (Å²) in [5.41, 5.74) is 9.52. The first-order valence-corrected chi connectivity index (χ1v) is 9.90. The van der Waals surface area contributed by atoms with Crippen LogP contribution in [0.25, 0.3) is 0 Å². The first-order chi connectivity index (χ1) is 13.5. The van der Waals surface area contributed by atoms with Gasteiger partial charge in [0.25, 0.3) is 0 Å². The van der Waals surface area contributed by atoms with Crippen molar-refractivity contribution in [3.05, 3.63) is 70.8 Å². The summed E-state index contributed by atoms with van der Waals surface area (Å²) in [6.45, 7) is 4.60. The summed E-state index contributed by atoms with van der Waals surface area (Å²) in [6, 6.07) is 18.5. The number of nitrogens with zero attached hydrogens (tertiary/aromatic N) is 2. The van der Waals surface area contributed by atoms with E-state index in [-0.39, 0.29) is 11.8 Å². The van der Waals surface area contributed by atoms with Crippen molar-refractivity contribution in [2.45, 2.75) is 37.3 Å². The predicted octanol–water partition coefficient (Wildman–Crippen LogP) is 1.96. The molecule has 3 N–H and O–H groups in total. The summed E-state index contributed by atoms with van der Waals surface area (Å²) in [6.07, 6.45) is 1.33. The minimum absolute atomic E-state index is 0.0274. The standard InChI is InChI=1S/C23H26N4O/c1-16-15-27(10-9-26-16)23(22(25)28)13-19-7-2-3-8-20(19)21(23)12-17-5-4-6-18(11-17)14-24/h2-8,11,16,21,26H,9-10,12-13,15H2,1H3,(H2,25,28). The van der Waals surface area contributed by atoms with E-state index < -0.39 is 5.54 Å². The van der Waals surface area contributed by atoms with Crippen LogP contribution in [0.4, 0.5) is 0 Å². The monoisotopic (exact) mass is 374 g/mol. The second kappa shape index (κ2) is 7.38. The maximum Gasteiger partial charge on any atom is 0.238 e. The fourth-order valence-electron chi connectivity index (χ4n) is 5.03. The molecular formula is C23H26N4O. The number of piperazine rings is 1. The minimum atomic E-state index is -0.733. The van der Waals surface area contributed by atoms with Crippen LogP contribution in [-0.2, 0) is 17.6 Å². The van der Waals surface area contributed by atoms with Crippen LogP contribution in [-0.4, -0.2) is 42.0 Å². The number of benzene rings is 2. The Labute approximate surface area is 166 Å². The highest BCUT2D eigenvalue weighted by Crippen LogP contribution is 2.46. The molecule has 0 bridgehead atoms. The molecule has 1 heterocycles. The number of primary amides is 1. The Hall–Kier alpha value is -2.68. The molecule has 3 atom stereocenters. The highest BCUT2D eigenvalue weighted by atomic mass is 16.1. The van der Waals surface area contributed by atoms with E-state index in [1.54, 1.807) is 0 Å². The van der Waals surface area contributed by atoms with Gasteiger partial charge in [0, 0.05) is 38.0 Å². The second-order valence-electron chi connectivity index (χ2n) is 8.03. The largest absolute Gasteiger partial charge is 0.368 e. The third-order valence-electron chi connectivity index (χ3n) is 6.32. The first-order valence-electron chi connectivity index (χ1n) is 9.90. The van der Waals surface area contributed by atoms with Gasteiger partial charge in [-0.2, -0.15) is 5.26 Å². The Balaban J connectivity index is 1.79. The van der Waals surface area contributed by atoms with Crippen LogP contribution >= 0.6 is 0 Å². The van der Waals surface area contributed by atoms with Crippen LogP contribution in [0.2, 0.25) is 0 Å². The van der Waals surface area contributed by atoms with Crippen molar-refractivity contribution < 1.29 is 4.79 Å². The van der Waals surface area contributed by atoms with Crippen molar-refractivity contribution >= 4 is 5.91 Å². The van der Waals surface area contributed by atoms with E-state index >= 15 is 0 Å². The van der Waals surface area contributed by atoms with Crippen LogP contribution < -0.4 is 11.1 Å². The lowest BCUT2D eigenvalue weighted by molar-refractivity contribution is -0.132. The van der Waals surface area contributed by atoms with Crippen LogP contribution in [0.5, 0.6) is 0 Å². The number of nitrogens with two attached hydrogens (primary N) is 1. The Morgan fingerprint density at radius 1 is 1.32 bits per heavy atom. The van der Waals surface area contributed by atoms with Crippen molar-refractivity contribution in [3.63, 3.8) is 0 Å². The van der Waals surface area contributed by atoms with Crippen molar-refractivity contribution in [2.75, 3.05) is 19.6 Å². The van der Waals surface area contributed by atoms with E-state index in [9.17, 15) is 10.1 Å². The van der Waals surface area contributed by atoms with Crippen molar-refractivity contribution in [3.8, 4) is 6.07 Å². The number of amides is 1. The summed E-state index contributed by atoms with van der Waals surface area (Å²) in [4.78, 5) is 15.3. The summed E-state index contributed by atoms with van der Waals surface area (Å²) in [5.74, 6) is -0.278. The molecule has 2 aliphatic rings. The highest BCUT2D eigenvalue weighted by Gasteiger charge is 2.54. The molecule has 0 spiro atoms. The quantitative estimate of drug-likeness (QED) is 0.857. The molecule has 144 valence electrons. The third kappa shape index (κ3) is 3.09. The molecule has 5 heteroatoms. The lowest BCUT2D eigenvalue weighted by Crippen LogP contribution is -2.66. The average molecular weight is 374 g/mol. The van der Waals surface area contributed by atoms with Gasteiger partial charge >= 0.3 is 0 Å². The van der Waals surface area contributed by atoms with E-state index in [0.717, 1.165) is 25.2 Å². The van der Waals surface area contributed by atoms with Crippen molar-refractivity contribution in [2.24, 2.45) is 5.73 Å². The van der Waals surface area contributed by atoms with Crippen LogP contribution in [0.15, 0.2) is 48.5 Å². The molecule has 5 nitrogen and oxygen atoms in total. The minimum Gasteiger partial charge on any atom is -0.368 e. The zero-order chi connectivity index (χ0) is 19.7. The Morgan fingerprint density at radius 3 is 2.89 bits per heavy atom. The van der Waals surface area contributed by atoms with Crippen molar-refractivity contribution in [1.82, 2.24) is 10.2 Å². The summed E-state index contributed by atoms with van der Waals surface area (Å²) in [7, 11) is 0. The number of hydrogen-bond donors (Lipinski definition) is 2. The van der Waals surface area contributed by atoms with E-state index in [1.165, 1.54) is 11.1 Å². The Morgan fingerprint density at radius 2 is 2.14 bits per heavy atom. The number of nitriles is 1. The fourth-order valence-corrected chi connectivity index (χ4v) is 5.03. The van der Waals surface area contributed by atoms with Crippen LogP contribution in [0, 0.1) is 11.3 Å². The molecule has 4 rings (SSSR count). The van der Waals surface area contributed by atoms with Gasteiger partial charge in [-0.25, -0.2) is 0 Å². The normalized spacial score (nSPS) is 27.1. The predicted molar refractivity (Wildman–Crippen MR) is 109 cm³/mol. The molecule has 1 aliphatic carbocycles. The molecule has 1 fully saturated rings. The number of carbonyl (C=O) groups is 1. The third-order valence-corrected chi connectivity index (χ3v) is 6.32. The maximum atomic E-state index is 13.0. The molecule has 2 aromatic rings. The topological polar surface area (TPSA) is 82.2 Å². The second-order valence-corrected chi connectivity index (χ2v) is 8.03. The summed E-state index contributed by atoms with van der Waals surface area (Å²) < 4.78 is 0. The van der Waals surface area contributed by atoms with Crippen LogP contribution in [0.1, 0.15) is 35.1 Å². The molecule has 28 heavy (non-hydrogen) atoms. The van der Waals surface area contributed by atoms with Crippen molar-refractivity contribution in [1.29, 1.82) is 5.26 Å². The van der Waals surface area contributed by atoms with Gasteiger partial charge in [0.2, 0.25) is 5.91 Å². The molecule has 0 aromatic heterocycles. The lowest BCUT2D eigenvalue weighted by atomic mass is 9.77. The zero-order valence-electron chi connectivity index (χ0n) is 16.2. The van der Waals surface area contributed by atoms with Gasteiger partial charge in [-0.15, -0.1) is 0 Å². The fraction of sp³-hybridized carbons (Fsp3) is 0.391. The highest BCUT2D eigenvalue weighted by molar-refractivity contribution is 5.88. The van der Waals surface area contributed by atoms with Gasteiger partial charge in [0.1, 0.15) is 5.54 Å². The molecule has 1 amide bonds. The maximum absolute atomic E-state index is 13.0. The number of hydrogen-bond acceptors (Lipinski definition) is 4. The number of nitrogens with one attached hydrogen (secondary N) is 1. The number of rotatable bonds is 4. The number of fused-ring (bicyclic) bond motifs is 1. The van der Waals surface area contributed by atoms with Gasteiger partial charge in [0.15, 0.2) is 0 Å². The lowest BCUT2D eigenvalue weighted by Gasteiger charge is -2.47. The van der Waals surface area contributed by atoms with E-state index in [0.29, 0.717) is 24.4 Å². The Kier molecular flexibility index (Phi) is 4.92. The van der Waals surface area contributed by atoms with Gasteiger partial charge < -0.3 is 11.1 Å². The van der Waals surface area contributed by atoms with E-state index in [4.69, 9.17) is 5.73 Å². The summed E-state index contributed by atoms with van der Waals surface area (Å²) >= 11 is 0. The smallest absolute Gasteiger partial charge is 0.238 e. The number of carbonyl (C=O) groups excluding carboxylic acids is 1. The van der Waals surface area contributed by atoms with E-state index in [2.05, 4.69) is 35.3 Å².